The number of halogens is 1. The van der Waals surface area contributed by atoms with E-state index in [4.69, 9.17) is 14.2 Å². The molecule has 1 aliphatic rings. The summed E-state index contributed by atoms with van der Waals surface area (Å²) in [6.45, 7) is 3.71. The van der Waals surface area contributed by atoms with Crippen molar-refractivity contribution in [2.75, 3.05) is 39.7 Å². The largest absolute Gasteiger partial charge is 0.493 e. The van der Waals surface area contributed by atoms with Gasteiger partial charge < -0.3 is 24.8 Å². The standard InChI is InChI=1S/C15H22N2O4.ClH/c1-9(10-7-16-8-10)15(18)17-11-5-6-12(19-2)14(21-4)13(11)20-3;/h5-6,9-10,16H,7-8H2,1-4H3,(H,17,18);1H. The van der Waals surface area contributed by atoms with Crippen LogP contribution >= 0.6 is 12.4 Å². The second-order valence-corrected chi connectivity index (χ2v) is 5.08. The smallest absolute Gasteiger partial charge is 0.227 e. The highest BCUT2D eigenvalue weighted by atomic mass is 35.5. The number of rotatable bonds is 6. The van der Waals surface area contributed by atoms with Gasteiger partial charge >= 0.3 is 0 Å². The molecule has 0 saturated carbocycles. The van der Waals surface area contributed by atoms with Crippen LogP contribution < -0.4 is 24.8 Å². The van der Waals surface area contributed by atoms with E-state index >= 15 is 0 Å². The molecule has 1 fully saturated rings. The zero-order valence-electron chi connectivity index (χ0n) is 13.3. The molecule has 22 heavy (non-hydrogen) atoms. The topological polar surface area (TPSA) is 68.8 Å². The Kier molecular flexibility index (Phi) is 6.77. The van der Waals surface area contributed by atoms with Crippen molar-refractivity contribution in [1.29, 1.82) is 0 Å². The van der Waals surface area contributed by atoms with Crippen molar-refractivity contribution >= 4 is 24.0 Å². The fourth-order valence-electron chi connectivity index (χ4n) is 2.32. The van der Waals surface area contributed by atoms with Gasteiger partial charge in [-0.25, -0.2) is 0 Å². The number of nitrogens with one attached hydrogen (secondary N) is 2. The molecule has 0 aliphatic carbocycles. The molecule has 1 aliphatic heterocycles. The predicted octanol–water partition coefficient (Wildman–Crippen LogP) is 1.93. The van der Waals surface area contributed by atoms with Crippen molar-refractivity contribution in [3.63, 3.8) is 0 Å². The van der Waals surface area contributed by atoms with Gasteiger partial charge in [0.2, 0.25) is 11.7 Å². The average Bonchev–Trinajstić information content (AvgIpc) is 2.44. The normalized spacial score (nSPS) is 15.1. The Morgan fingerprint density at radius 3 is 2.27 bits per heavy atom. The summed E-state index contributed by atoms with van der Waals surface area (Å²) in [5.41, 5.74) is 0.583. The van der Waals surface area contributed by atoms with Gasteiger partial charge in [0.15, 0.2) is 11.5 Å². The molecule has 7 heteroatoms. The van der Waals surface area contributed by atoms with Gasteiger partial charge in [-0.3, -0.25) is 4.79 Å². The third-order valence-corrected chi connectivity index (χ3v) is 3.90. The van der Waals surface area contributed by atoms with Gasteiger partial charge in [0.05, 0.1) is 27.0 Å². The second-order valence-electron chi connectivity index (χ2n) is 5.08. The van der Waals surface area contributed by atoms with Crippen molar-refractivity contribution in [2.45, 2.75) is 6.92 Å². The molecule has 6 nitrogen and oxygen atoms in total. The van der Waals surface area contributed by atoms with E-state index in [1.807, 2.05) is 6.92 Å². The minimum absolute atomic E-state index is 0. The van der Waals surface area contributed by atoms with Gasteiger partial charge in [-0.2, -0.15) is 0 Å². The number of ether oxygens (including phenoxy) is 3. The summed E-state index contributed by atoms with van der Waals surface area (Å²) in [5.74, 6) is 1.80. The van der Waals surface area contributed by atoms with E-state index < -0.39 is 0 Å². The molecular weight excluding hydrogens is 308 g/mol. The molecule has 0 spiro atoms. The monoisotopic (exact) mass is 330 g/mol. The van der Waals surface area contributed by atoms with Gasteiger partial charge in [-0.1, -0.05) is 6.92 Å². The Hall–Kier alpha value is -1.66. The van der Waals surface area contributed by atoms with Crippen LogP contribution in [0.25, 0.3) is 0 Å². The number of carbonyl (C=O) groups is 1. The summed E-state index contributed by atoms with van der Waals surface area (Å²) in [4.78, 5) is 12.3. The maximum Gasteiger partial charge on any atom is 0.227 e. The summed E-state index contributed by atoms with van der Waals surface area (Å²) in [6.07, 6.45) is 0. The highest BCUT2D eigenvalue weighted by molar-refractivity contribution is 5.95. The quantitative estimate of drug-likeness (QED) is 0.834. The highest BCUT2D eigenvalue weighted by Crippen LogP contribution is 2.42. The number of carbonyl (C=O) groups excluding carboxylic acids is 1. The van der Waals surface area contributed by atoms with E-state index in [2.05, 4.69) is 10.6 Å². The number of hydrogen-bond acceptors (Lipinski definition) is 5. The molecule has 1 saturated heterocycles. The van der Waals surface area contributed by atoms with E-state index in [-0.39, 0.29) is 24.2 Å². The third-order valence-electron chi connectivity index (χ3n) is 3.90. The molecule has 1 aromatic rings. The maximum absolute atomic E-state index is 12.3. The van der Waals surface area contributed by atoms with Crippen LogP contribution in [0.3, 0.4) is 0 Å². The Balaban J connectivity index is 0.00000242. The summed E-state index contributed by atoms with van der Waals surface area (Å²) >= 11 is 0. The molecular formula is C15H23ClN2O4. The van der Waals surface area contributed by atoms with Crippen LogP contribution in [-0.2, 0) is 4.79 Å². The molecule has 1 heterocycles. The van der Waals surface area contributed by atoms with Crippen LogP contribution in [-0.4, -0.2) is 40.3 Å². The first-order chi connectivity index (χ1) is 10.1. The van der Waals surface area contributed by atoms with E-state index in [0.29, 0.717) is 28.9 Å². The molecule has 1 atom stereocenters. The summed E-state index contributed by atoms with van der Waals surface area (Å²) in [7, 11) is 4.63. The first-order valence-electron chi connectivity index (χ1n) is 6.92. The Morgan fingerprint density at radius 1 is 1.18 bits per heavy atom. The van der Waals surface area contributed by atoms with Crippen molar-refractivity contribution in [3.05, 3.63) is 12.1 Å². The molecule has 0 radical (unpaired) electrons. The molecule has 0 bridgehead atoms. The van der Waals surface area contributed by atoms with Crippen LogP contribution in [0.2, 0.25) is 0 Å². The van der Waals surface area contributed by atoms with Gasteiger partial charge in [0, 0.05) is 5.92 Å². The highest BCUT2D eigenvalue weighted by Gasteiger charge is 2.29. The van der Waals surface area contributed by atoms with Crippen molar-refractivity contribution in [1.82, 2.24) is 5.32 Å². The van der Waals surface area contributed by atoms with Gasteiger partial charge in [0.25, 0.3) is 0 Å². The SMILES string of the molecule is COc1ccc(NC(=O)C(C)C2CNC2)c(OC)c1OC.Cl. The number of methoxy groups -OCH3 is 3. The van der Waals surface area contributed by atoms with E-state index in [9.17, 15) is 4.79 Å². The lowest BCUT2D eigenvalue weighted by Gasteiger charge is -2.31. The minimum Gasteiger partial charge on any atom is -0.493 e. The lowest BCUT2D eigenvalue weighted by atomic mass is 9.88. The number of amides is 1. The average molecular weight is 331 g/mol. The van der Waals surface area contributed by atoms with Crippen LogP contribution in [0.4, 0.5) is 5.69 Å². The van der Waals surface area contributed by atoms with Gasteiger partial charge in [-0.15, -0.1) is 12.4 Å². The zero-order valence-corrected chi connectivity index (χ0v) is 14.1. The first-order valence-corrected chi connectivity index (χ1v) is 6.92. The van der Waals surface area contributed by atoms with Crippen LogP contribution in [0, 0.1) is 11.8 Å². The Morgan fingerprint density at radius 2 is 1.82 bits per heavy atom. The number of benzene rings is 1. The van der Waals surface area contributed by atoms with E-state index in [0.717, 1.165) is 13.1 Å². The molecule has 2 N–H and O–H groups in total. The molecule has 1 unspecified atom stereocenters. The van der Waals surface area contributed by atoms with Crippen LogP contribution in [0.5, 0.6) is 17.2 Å². The first kappa shape index (κ1) is 18.4. The second kappa shape index (κ2) is 8.10. The fourth-order valence-corrected chi connectivity index (χ4v) is 2.32. The predicted molar refractivity (Wildman–Crippen MR) is 87.5 cm³/mol. The Bertz CT molecular complexity index is 521. The van der Waals surface area contributed by atoms with E-state index in [1.165, 1.54) is 14.2 Å². The maximum atomic E-state index is 12.3. The molecule has 0 aromatic heterocycles. The lowest BCUT2D eigenvalue weighted by molar-refractivity contribution is -0.121. The minimum atomic E-state index is -0.0518. The number of hydrogen-bond donors (Lipinski definition) is 2. The number of anilines is 1. The van der Waals surface area contributed by atoms with Crippen LogP contribution in [0.1, 0.15) is 6.92 Å². The van der Waals surface area contributed by atoms with Crippen LogP contribution in [0.15, 0.2) is 12.1 Å². The lowest BCUT2D eigenvalue weighted by Crippen LogP contribution is -2.48. The summed E-state index contributed by atoms with van der Waals surface area (Å²) in [5, 5.41) is 6.08. The fraction of sp³-hybridized carbons (Fsp3) is 0.533. The third kappa shape index (κ3) is 3.56. The Labute approximate surface area is 136 Å². The molecule has 1 aromatic carbocycles. The van der Waals surface area contributed by atoms with Crippen molar-refractivity contribution in [3.8, 4) is 17.2 Å². The van der Waals surface area contributed by atoms with Crippen molar-refractivity contribution < 1.29 is 19.0 Å². The van der Waals surface area contributed by atoms with E-state index in [1.54, 1.807) is 19.2 Å². The summed E-state index contributed by atoms with van der Waals surface area (Å²) < 4.78 is 15.9. The van der Waals surface area contributed by atoms with Crippen molar-refractivity contribution in [2.24, 2.45) is 11.8 Å². The molecule has 1 amide bonds. The zero-order chi connectivity index (χ0) is 15.4. The molecule has 124 valence electrons. The molecule has 2 rings (SSSR count). The summed E-state index contributed by atoms with van der Waals surface area (Å²) in [6, 6.07) is 3.50. The van der Waals surface area contributed by atoms with Gasteiger partial charge in [-0.05, 0) is 31.1 Å². The van der Waals surface area contributed by atoms with Gasteiger partial charge in [0.1, 0.15) is 0 Å².